The number of H-pyrrole nitrogens is 1. The summed E-state index contributed by atoms with van der Waals surface area (Å²) >= 11 is 0. The van der Waals surface area contributed by atoms with Gasteiger partial charge >= 0.3 is 21.3 Å². The number of imidazole rings is 1. The maximum Gasteiger partial charge on any atom is 0.473 e. The molecule has 44 heavy (non-hydrogen) atoms. The lowest BCUT2D eigenvalue weighted by molar-refractivity contribution is -0.0572. The zero-order valence-corrected chi connectivity index (χ0v) is 24.2. The second-order valence-corrected chi connectivity index (χ2v) is 12.5. The highest BCUT2D eigenvalue weighted by Crippen LogP contribution is 2.52. The number of aromatic nitrogens is 5. The molecule has 0 amide bonds. The number of aryl methyl sites for hydroxylation is 1. The van der Waals surface area contributed by atoms with Gasteiger partial charge in [-0.1, -0.05) is 0 Å². The van der Waals surface area contributed by atoms with Crippen molar-refractivity contribution in [1.82, 2.24) is 24.1 Å². The van der Waals surface area contributed by atoms with Gasteiger partial charge in [-0.2, -0.15) is 0 Å². The molecule has 0 spiro atoms. The SMILES string of the molecule is Cc1cn([C@H]2O[C@@H](CO)C(OP(=O)(O)OC3[C@@H](COP(=O)(O)O)O[C@@H](n4cnc5c(N)ccnc54)[C@H]3O)[C@H]2O)c(=O)[nH]c1=O. The van der Waals surface area contributed by atoms with E-state index in [-0.39, 0.29) is 22.4 Å². The molecule has 2 aliphatic rings. The average Bonchev–Trinajstić information content (AvgIpc) is 3.59. The molecule has 3 aromatic heterocycles. The second-order valence-electron chi connectivity index (χ2n) is 9.89. The first kappa shape index (κ1) is 32.5. The number of anilines is 1. The molecule has 23 heteroatoms. The molecule has 2 saturated heterocycles. The van der Waals surface area contributed by atoms with Crippen molar-refractivity contribution in [3.05, 3.63) is 51.2 Å². The number of aliphatic hydroxyl groups excluding tert-OH is 3. The molecular weight excluding hydrogens is 638 g/mol. The molecule has 3 unspecified atom stereocenters. The predicted molar refractivity (Wildman–Crippen MR) is 142 cm³/mol. The van der Waals surface area contributed by atoms with Crippen molar-refractivity contribution in [2.75, 3.05) is 18.9 Å². The van der Waals surface area contributed by atoms with Crippen LogP contribution in [0, 0.1) is 6.92 Å². The predicted octanol–water partition coefficient (Wildman–Crippen LogP) is -2.64. The molecule has 0 saturated carbocycles. The number of nitrogens with one attached hydrogen (secondary N) is 1. The van der Waals surface area contributed by atoms with E-state index < -0.39 is 89.2 Å². The Kier molecular flexibility index (Phi) is 8.97. The summed E-state index contributed by atoms with van der Waals surface area (Å²) in [5, 5.41) is 31.8. The quantitative estimate of drug-likeness (QED) is 0.103. The number of hydrogen-bond donors (Lipinski definition) is 8. The number of phosphoric ester groups is 2. The molecule has 3 aromatic rings. The number of hydrogen-bond acceptors (Lipinski definition) is 15. The fraction of sp³-hybridized carbons (Fsp3) is 0.524. The Balaban J connectivity index is 1.39. The molecule has 0 aromatic carbocycles. The zero-order valence-electron chi connectivity index (χ0n) is 22.5. The van der Waals surface area contributed by atoms with Crippen molar-refractivity contribution in [1.29, 1.82) is 0 Å². The highest BCUT2D eigenvalue weighted by atomic mass is 31.2. The van der Waals surface area contributed by atoms with Crippen LogP contribution in [0.5, 0.6) is 0 Å². The van der Waals surface area contributed by atoms with Crippen LogP contribution in [-0.4, -0.2) is 104 Å². The van der Waals surface area contributed by atoms with Crippen LogP contribution in [0.3, 0.4) is 0 Å². The van der Waals surface area contributed by atoms with E-state index in [4.69, 9.17) is 24.3 Å². The van der Waals surface area contributed by atoms with Gasteiger partial charge in [0, 0.05) is 18.0 Å². The Morgan fingerprint density at radius 3 is 2.27 bits per heavy atom. The van der Waals surface area contributed by atoms with Crippen molar-refractivity contribution in [2.45, 2.75) is 56.0 Å². The maximum atomic E-state index is 13.2. The number of pyridine rings is 1. The van der Waals surface area contributed by atoms with Crippen LogP contribution in [0.15, 0.2) is 34.4 Å². The molecule has 242 valence electrons. The van der Waals surface area contributed by atoms with E-state index in [1.54, 1.807) is 0 Å². The Labute approximate surface area is 245 Å². The number of aliphatic hydroxyl groups is 3. The van der Waals surface area contributed by atoms with Crippen molar-refractivity contribution in [3.63, 3.8) is 0 Å². The molecule has 0 bridgehead atoms. The van der Waals surface area contributed by atoms with Crippen molar-refractivity contribution in [3.8, 4) is 0 Å². The van der Waals surface area contributed by atoms with E-state index in [2.05, 4.69) is 14.5 Å². The molecule has 2 fully saturated rings. The number of nitrogens with two attached hydrogens (primary N) is 1. The van der Waals surface area contributed by atoms with Crippen LogP contribution in [0.4, 0.5) is 5.69 Å². The summed E-state index contributed by atoms with van der Waals surface area (Å²) in [4.78, 5) is 63.4. The molecule has 0 radical (unpaired) electrons. The number of nitrogen functional groups attached to an aromatic ring is 1. The van der Waals surface area contributed by atoms with Gasteiger partial charge in [0.2, 0.25) is 0 Å². The summed E-state index contributed by atoms with van der Waals surface area (Å²) in [6.45, 7) is -0.430. The van der Waals surface area contributed by atoms with Crippen LogP contribution in [0.25, 0.3) is 11.2 Å². The van der Waals surface area contributed by atoms with Gasteiger partial charge in [-0.05, 0) is 13.0 Å². The van der Waals surface area contributed by atoms with Crippen molar-refractivity contribution < 1.29 is 62.2 Å². The molecular formula is C21H28N6O15P2. The van der Waals surface area contributed by atoms with E-state index in [9.17, 15) is 48.7 Å². The van der Waals surface area contributed by atoms with Gasteiger partial charge in [0.05, 0.1) is 25.2 Å². The average molecular weight is 666 g/mol. The standard InChI is InChI=1S/C21H28N6O15P2/c1-8-4-26(21(32)25-18(8)31)19-13(29)15(10(5-28)39-19)41-44(36,37)42-16-11(6-38-43(33,34)35)40-20(14(16)30)27-7-24-12-9(22)2-3-23-17(12)27/h2-4,7,10-11,13-16,19-20,28-30H,5-6H2,1H3,(H2,22,23)(H,36,37)(H,25,31,32)(H2,33,34,35)/t10-,11+,13+,14-,15?,16?,19-,20+/m0/s1. The second kappa shape index (κ2) is 12.1. The first-order chi connectivity index (χ1) is 20.6. The highest BCUT2D eigenvalue weighted by Gasteiger charge is 2.53. The van der Waals surface area contributed by atoms with Gasteiger partial charge in [0.25, 0.3) is 5.56 Å². The minimum absolute atomic E-state index is 0.0679. The third-order valence-corrected chi connectivity index (χ3v) is 8.41. The van der Waals surface area contributed by atoms with E-state index in [1.165, 1.54) is 30.1 Å². The lowest BCUT2D eigenvalue weighted by Gasteiger charge is -2.26. The summed E-state index contributed by atoms with van der Waals surface area (Å²) in [7, 11) is -10.5. The summed E-state index contributed by atoms with van der Waals surface area (Å²) < 4.78 is 52.6. The van der Waals surface area contributed by atoms with Gasteiger partial charge in [0.15, 0.2) is 18.1 Å². The first-order valence-electron chi connectivity index (χ1n) is 12.7. The monoisotopic (exact) mass is 666 g/mol. The number of nitrogens with zero attached hydrogens (tertiary/aromatic N) is 4. The van der Waals surface area contributed by atoms with Gasteiger partial charge in [0.1, 0.15) is 42.1 Å². The minimum atomic E-state index is -5.37. The van der Waals surface area contributed by atoms with E-state index in [1.807, 2.05) is 4.98 Å². The molecule has 5 rings (SSSR count). The van der Waals surface area contributed by atoms with E-state index in [0.29, 0.717) is 0 Å². The normalized spacial score (nSPS) is 30.6. The Bertz CT molecular complexity index is 1740. The molecule has 9 atom stereocenters. The fourth-order valence-electron chi connectivity index (χ4n) is 4.86. The lowest BCUT2D eigenvalue weighted by atomic mass is 10.1. The lowest BCUT2D eigenvalue weighted by Crippen LogP contribution is -2.40. The van der Waals surface area contributed by atoms with Crippen molar-refractivity contribution >= 4 is 32.5 Å². The van der Waals surface area contributed by atoms with Crippen LogP contribution in [0.2, 0.25) is 0 Å². The number of rotatable bonds is 10. The van der Waals surface area contributed by atoms with Gasteiger partial charge in [-0.15, -0.1) is 0 Å². The minimum Gasteiger partial charge on any atom is -0.397 e. The number of fused-ring (bicyclic) bond motifs is 1. The summed E-state index contributed by atoms with van der Waals surface area (Å²) in [6.07, 6.45) is -9.87. The highest BCUT2D eigenvalue weighted by molar-refractivity contribution is 7.47. The Morgan fingerprint density at radius 2 is 1.64 bits per heavy atom. The van der Waals surface area contributed by atoms with Crippen LogP contribution < -0.4 is 17.0 Å². The maximum absolute atomic E-state index is 13.2. The molecule has 9 N–H and O–H groups in total. The topological polar surface area (TPSA) is 313 Å². The summed E-state index contributed by atoms with van der Waals surface area (Å²) in [5.41, 5.74) is 4.87. The molecule has 2 aliphatic heterocycles. The van der Waals surface area contributed by atoms with Gasteiger partial charge < -0.3 is 45.2 Å². The third kappa shape index (κ3) is 6.42. The first-order valence-corrected chi connectivity index (χ1v) is 15.7. The molecule has 0 aliphatic carbocycles. The smallest absolute Gasteiger partial charge is 0.397 e. The van der Waals surface area contributed by atoms with Crippen LogP contribution in [-0.2, 0) is 32.2 Å². The summed E-state index contributed by atoms with van der Waals surface area (Å²) in [5.74, 6) is 0. The van der Waals surface area contributed by atoms with Crippen molar-refractivity contribution in [2.24, 2.45) is 0 Å². The Hall–Kier alpha value is -2.88. The third-order valence-electron chi connectivity index (χ3n) is 6.90. The Morgan fingerprint density at radius 1 is 1.02 bits per heavy atom. The van der Waals surface area contributed by atoms with E-state index in [0.717, 1.165) is 10.8 Å². The van der Waals surface area contributed by atoms with Crippen LogP contribution in [0.1, 0.15) is 18.0 Å². The number of phosphoric acid groups is 2. The fourth-order valence-corrected chi connectivity index (χ4v) is 6.38. The van der Waals surface area contributed by atoms with E-state index >= 15 is 0 Å². The molecule has 5 heterocycles. The number of aromatic amines is 1. The molecule has 21 nitrogen and oxygen atoms in total. The number of ether oxygens (including phenoxy) is 2. The largest absolute Gasteiger partial charge is 0.473 e. The van der Waals surface area contributed by atoms with Gasteiger partial charge in [-0.3, -0.25) is 32.5 Å². The zero-order chi connectivity index (χ0) is 32.1. The van der Waals surface area contributed by atoms with Gasteiger partial charge in [-0.25, -0.2) is 23.9 Å². The van der Waals surface area contributed by atoms with Crippen LogP contribution >= 0.6 is 15.6 Å². The summed E-state index contributed by atoms with van der Waals surface area (Å²) in [6, 6.07) is 1.47.